The number of hydrogen-bond donors (Lipinski definition) is 2. The number of fused-ring (bicyclic) bond motifs is 2. The van der Waals surface area contributed by atoms with Gasteiger partial charge in [0.2, 0.25) is 5.43 Å². The first-order valence-electron chi connectivity index (χ1n) is 11.3. The van der Waals surface area contributed by atoms with Crippen molar-refractivity contribution >= 4 is 34.0 Å². The first kappa shape index (κ1) is 23.8. The van der Waals surface area contributed by atoms with E-state index in [1.165, 1.54) is 12.1 Å². The summed E-state index contributed by atoms with van der Waals surface area (Å²) < 4.78 is 16.5. The largest absolute Gasteiger partial charge is 0.507 e. The van der Waals surface area contributed by atoms with Gasteiger partial charge in [-0.05, 0) is 30.5 Å². The van der Waals surface area contributed by atoms with Crippen molar-refractivity contribution in [3.63, 3.8) is 0 Å². The molecule has 0 saturated heterocycles. The highest BCUT2D eigenvalue weighted by Gasteiger charge is 2.24. The lowest BCUT2D eigenvalue weighted by atomic mass is 10.1. The van der Waals surface area contributed by atoms with E-state index in [1.807, 2.05) is 37.3 Å². The second-order valence-corrected chi connectivity index (χ2v) is 8.17. The summed E-state index contributed by atoms with van der Waals surface area (Å²) in [5.74, 6) is -1.12. The van der Waals surface area contributed by atoms with Gasteiger partial charge in [0.05, 0.1) is 5.39 Å². The van der Waals surface area contributed by atoms with Crippen molar-refractivity contribution in [2.45, 2.75) is 39.3 Å². The molecule has 0 spiro atoms. The number of benzene rings is 3. The lowest BCUT2D eigenvalue weighted by Gasteiger charge is -2.17. The average Bonchev–Trinajstić information content (AvgIpc) is 2.83. The Bertz CT molecular complexity index is 1440. The molecule has 0 fully saturated rings. The van der Waals surface area contributed by atoms with Gasteiger partial charge in [0, 0.05) is 12.1 Å². The maximum Gasteiger partial charge on any atom is 0.408 e. The lowest BCUT2D eigenvalue weighted by Crippen LogP contribution is -2.43. The highest BCUT2D eigenvalue weighted by Crippen LogP contribution is 2.31. The Labute approximate surface area is 201 Å². The summed E-state index contributed by atoms with van der Waals surface area (Å²) in [6.07, 6.45) is 0.165. The smallest absolute Gasteiger partial charge is 0.408 e. The Kier molecular flexibility index (Phi) is 7.01. The number of hydrogen-bond acceptors (Lipinski definition) is 7. The second-order valence-electron chi connectivity index (χ2n) is 8.17. The molecule has 8 heteroatoms. The molecule has 1 heterocycles. The topological polar surface area (TPSA) is 115 Å². The fraction of sp³-hybridized carbons (Fsp3) is 0.222. The second kappa shape index (κ2) is 10.3. The Hall–Kier alpha value is -4.33. The Balaban J connectivity index is 1.53. The van der Waals surface area contributed by atoms with Gasteiger partial charge in [0.15, 0.2) is 0 Å². The highest BCUT2D eigenvalue weighted by atomic mass is 16.6. The summed E-state index contributed by atoms with van der Waals surface area (Å²) in [5, 5.41) is 13.4. The maximum absolute atomic E-state index is 12.9. The van der Waals surface area contributed by atoms with E-state index in [9.17, 15) is 19.5 Å². The molecule has 4 aromatic rings. The summed E-state index contributed by atoms with van der Waals surface area (Å²) in [6, 6.07) is 15.9. The number of esters is 1. The molecule has 8 nitrogen and oxygen atoms in total. The van der Waals surface area contributed by atoms with Gasteiger partial charge in [-0.25, -0.2) is 9.59 Å². The molecule has 1 aromatic heterocycles. The van der Waals surface area contributed by atoms with Gasteiger partial charge in [-0.15, -0.1) is 0 Å². The number of aryl methyl sites for hydroxylation is 1. The predicted molar refractivity (Wildman–Crippen MR) is 130 cm³/mol. The van der Waals surface area contributed by atoms with Crippen LogP contribution in [0.4, 0.5) is 4.79 Å². The minimum Gasteiger partial charge on any atom is -0.507 e. The van der Waals surface area contributed by atoms with Crippen LogP contribution in [-0.4, -0.2) is 23.2 Å². The van der Waals surface area contributed by atoms with Gasteiger partial charge in [-0.3, -0.25) is 4.79 Å². The minimum absolute atomic E-state index is 0.00405. The molecular formula is C27H25NO7. The lowest BCUT2D eigenvalue weighted by molar-refractivity contribution is -0.136. The van der Waals surface area contributed by atoms with Crippen LogP contribution in [0.25, 0.3) is 21.9 Å². The molecule has 2 N–H and O–H groups in total. The van der Waals surface area contributed by atoms with E-state index < -0.39 is 18.1 Å². The molecule has 0 aliphatic heterocycles. The van der Waals surface area contributed by atoms with Gasteiger partial charge < -0.3 is 24.3 Å². The molecule has 3 aromatic carbocycles. The third kappa shape index (κ3) is 5.27. The van der Waals surface area contributed by atoms with Crippen LogP contribution in [0.15, 0.2) is 69.9 Å². The van der Waals surface area contributed by atoms with E-state index >= 15 is 0 Å². The molecule has 1 unspecified atom stereocenters. The van der Waals surface area contributed by atoms with Gasteiger partial charge in [-0.2, -0.15) is 0 Å². The van der Waals surface area contributed by atoms with E-state index in [1.54, 1.807) is 25.1 Å². The summed E-state index contributed by atoms with van der Waals surface area (Å²) >= 11 is 0. The standard InChI is InChI=1S/C27H25NO7/c1-3-8-20(28-27(32)33-15-17-10-5-4-6-11-17)26(31)34-18-13-21(29)23-22(14-18)35-25-16(2)9-7-12-19(25)24(23)30/h4-7,9-14,20,29H,3,8,15H2,1-2H3,(H,28,32). The molecule has 35 heavy (non-hydrogen) atoms. The summed E-state index contributed by atoms with van der Waals surface area (Å²) in [6.45, 7) is 3.73. The van der Waals surface area contributed by atoms with Gasteiger partial charge in [0.25, 0.3) is 0 Å². The maximum atomic E-state index is 12.9. The molecule has 0 aliphatic carbocycles. The number of nitrogens with one attached hydrogen (secondary N) is 1. The molecule has 1 amide bonds. The van der Waals surface area contributed by atoms with E-state index in [0.717, 1.165) is 11.1 Å². The SMILES string of the molecule is CCCC(NC(=O)OCc1ccccc1)C(=O)Oc1cc(O)c2c(=O)c3cccc(C)c3oc2c1. The molecule has 0 aliphatic rings. The molecule has 180 valence electrons. The third-order valence-electron chi connectivity index (χ3n) is 5.54. The van der Waals surface area contributed by atoms with Crippen LogP contribution < -0.4 is 15.5 Å². The monoisotopic (exact) mass is 475 g/mol. The number of carbonyl (C=O) groups excluding carboxylic acids is 2. The van der Waals surface area contributed by atoms with Crippen LogP contribution in [0.1, 0.15) is 30.9 Å². The number of alkyl carbamates (subject to hydrolysis) is 1. The number of phenols is 1. The van der Waals surface area contributed by atoms with E-state index in [-0.39, 0.29) is 34.5 Å². The first-order chi connectivity index (χ1) is 16.9. The fourth-order valence-corrected chi connectivity index (χ4v) is 3.79. The number of para-hydroxylation sites is 1. The number of aromatic hydroxyl groups is 1. The highest BCUT2D eigenvalue weighted by molar-refractivity contribution is 5.95. The van der Waals surface area contributed by atoms with Gasteiger partial charge in [0.1, 0.15) is 40.7 Å². The van der Waals surface area contributed by atoms with Crippen molar-refractivity contribution < 1.29 is 28.6 Å². The minimum atomic E-state index is -0.966. The number of amides is 1. The van der Waals surface area contributed by atoms with E-state index in [4.69, 9.17) is 13.9 Å². The quantitative estimate of drug-likeness (QED) is 0.220. The van der Waals surface area contributed by atoms with Crippen LogP contribution >= 0.6 is 0 Å². The number of carbonyl (C=O) groups is 2. The van der Waals surface area contributed by atoms with Crippen molar-refractivity contribution in [1.29, 1.82) is 0 Å². The van der Waals surface area contributed by atoms with E-state index in [2.05, 4.69) is 5.32 Å². The zero-order valence-electron chi connectivity index (χ0n) is 19.4. The summed E-state index contributed by atoms with van der Waals surface area (Å²) in [5.41, 5.74) is 1.66. The van der Waals surface area contributed by atoms with Crippen LogP contribution in [0.3, 0.4) is 0 Å². The zero-order chi connectivity index (χ0) is 24.9. The molecule has 0 radical (unpaired) electrons. The number of phenolic OH excluding ortho intramolecular Hbond substituents is 1. The molecular weight excluding hydrogens is 450 g/mol. The van der Waals surface area contributed by atoms with Crippen molar-refractivity contribution in [2.75, 3.05) is 0 Å². The van der Waals surface area contributed by atoms with Crippen LogP contribution in [0, 0.1) is 6.92 Å². The Morgan fingerprint density at radius 3 is 2.60 bits per heavy atom. The normalized spacial score (nSPS) is 11.8. The van der Waals surface area contributed by atoms with Crippen molar-refractivity contribution in [1.82, 2.24) is 5.32 Å². The molecule has 4 rings (SSSR count). The summed E-state index contributed by atoms with van der Waals surface area (Å²) in [4.78, 5) is 38.0. The average molecular weight is 475 g/mol. The van der Waals surface area contributed by atoms with Crippen molar-refractivity contribution in [3.8, 4) is 11.5 Å². The molecule has 0 saturated carbocycles. The Morgan fingerprint density at radius 2 is 1.86 bits per heavy atom. The number of rotatable bonds is 7. The van der Waals surface area contributed by atoms with E-state index in [0.29, 0.717) is 23.8 Å². The van der Waals surface area contributed by atoms with Gasteiger partial charge >= 0.3 is 12.1 Å². The zero-order valence-corrected chi connectivity index (χ0v) is 19.4. The molecule has 0 bridgehead atoms. The van der Waals surface area contributed by atoms with Crippen molar-refractivity contribution in [3.05, 3.63) is 82.0 Å². The predicted octanol–water partition coefficient (Wildman–Crippen LogP) is 4.96. The van der Waals surface area contributed by atoms with Gasteiger partial charge in [-0.1, -0.05) is 55.8 Å². The van der Waals surface area contributed by atoms with Crippen LogP contribution in [-0.2, 0) is 16.1 Å². The van der Waals surface area contributed by atoms with Crippen molar-refractivity contribution in [2.24, 2.45) is 0 Å². The third-order valence-corrected chi connectivity index (χ3v) is 5.54. The Morgan fingerprint density at radius 1 is 1.09 bits per heavy atom. The fourth-order valence-electron chi connectivity index (χ4n) is 3.79. The van der Waals surface area contributed by atoms with Crippen LogP contribution in [0.5, 0.6) is 11.5 Å². The first-order valence-corrected chi connectivity index (χ1v) is 11.3. The number of ether oxygens (including phenoxy) is 2. The molecule has 1 atom stereocenters. The summed E-state index contributed by atoms with van der Waals surface area (Å²) in [7, 11) is 0. The van der Waals surface area contributed by atoms with Crippen LogP contribution in [0.2, 0.25) is 0 Å².